The molecule has 8 heteroatoms. The monoisotopic (exact) mass is 196 g/mol. The van der Waals surface area contributed by atoms with E-state index in [2.05, 4.69) is 10.5 Å². The van der Waals surface area contributed by atoms with Crippen LogP contribution in [0.1, 0.15) is 5.82 Å². The molecule has 0 radical (unpaired) electrons. The Labute approximate surface area is 70.7 Å². The van der Waals surface area contributed by atoms with Gasteiger partial charge in [-0.2, -0.15) is 17.8 Å². The van der Waals surface area contributed by atoms with E-state index < -0.39 is 17.7 Å². The normalized spacial score (nSPS) is 11.8. The van der Waals surface area contributed by atoms with Crippen molar-refractivity contribution in [3.05, 3.63) is 16.3 Å². The van der Waals surface area contributed by atoms with Crippen LogP contribution in [0.4, 0.5) is 13.2 Å². The van der Waals surface area contributed by atoms with Crippen molar-refractivity contribution in [3.63, 3.8) is 0 Å². The molecule has 0 unspecified atom stereocenters. The SMILES string of the molecule is CNn1c(C(F)(F)F)nn(C)c1=O. The van der Waals surface area contributed by atoms with Crippen LogP contribution in [0.3, 0.4) is 0 Å². The third kappa shape index (κ3) is 1.51. The first kappa shape index (κ1) is 9.62. The summed E-state index contributed by atoms with van der Waals surface area (Å²) in [5.74, 6) is -1.26. The van der Waals surface area contributed by atoms with Gasteiger partial charge in [-0.15, -0.1) is 5.10 Å². The molecule has 1 N–H and O–H groups in total. The summed E-state index contributed by atoms with van der Waals surface area (Å²) in [6.07, 6.45) is -4.64. The van der Waals surface area contributed by atoms with Gasteiger partial charge >= 0.3 is 11.9 Å². The second kappa shape index (κ2) is 2.79. The van der Waals surface area contributed by atoms with Gasteiger partial charge in [-0.05, 0) is 0 Å². The molecule has 0 spiro atoms. The van der Waals surface area contributed by atoms with Gasteiger partial charge in [0.2, 0.25) is 0 Å². The van der Waals surface area contributed by atoms with E-state index in [9.17, 15) is 18.0 Å². The number of aromatic nitrogens is 3. The first-order valence-corrected chi connectivity index (χ1v) is 3.29. The number of nitrogens with one attached hydrogen (secondary N) is 1. The number of alkyl halides is 3. The van der Waals surface area contributed by atoms with Crippen LogP contribution in [-0.4, -0.2) is 21.5 Å². The molecule has 0 fully saturated rings. The molecule has 0 aliphatic heterocycles. The Balaban J connectivity index is 3.39. The summed E-state index contributed by atoms with van der Waals surface area (Å²) in [7, 11) is 2.35. The maximum absolute atomic E-state index is 12.2. The van der Waals surface area contributed by atoms with E-state index in [0.717, 1.165) is 7.05 Å². The zero-order valence-corrected chi connectivity index (χ0v) is 6.88. The highest BCUT2D eigenvalue weighted by molar-refractivity contribution is 4.94. The topological polar surface area (TPSA) is 51.9 Å². The van der Waals surface area contributed by atoms with Gasteiger partial charge in [0.05, 0.1) is 0 Å². The fourth-order valence-corrected chi connectivity index (χ4v) is 0.850. The molecule has 0 aliphatic rings. The quantitative estimate of drug-likeness (QED) is 0.675. The van der Waals surface area contributed by atoms with Crippen molar-refractivity contribution in [2.75, 3.05) is 12.5 Å². The van der Waals surface area contributed by atoms with Gasteiger partial charge in [0, 0.05) is 14.1 Å². The second-order valence-corrected chi connectivity index (χ2v) is 2.29. The standard InChI is InChI=1S/C5H7F3N4O/c1-9-12-3(5(6,7)8)10-11(2)4(12)13/h9H,1-2H3. The molecule has 1 rings (SSSR count). The van der Waals surface area contributed by atoms with Crippen LogP contribution in [0, 0.1) is 0 Å². The average molecular weight is 196 g/mol. The molecule has 0 aliphatic carbocycles. The Morgan fingerprint density at radius 3 is 2.31 bits per heavy atom. The minimum atomic E-state index is -4.64. The number of nitrogens with zero attached hydrogens (tertiary/aromatic N) is 3. The number of rotatable bonds is 1. The minimum absolute atomic E-state index is 0.333. The van der Waals surface area contributed by atoms with Gasteiger partial charge in [-0.3, -0.25) is 0 Å². The van der Waals surface area contributed by atoms with Gasteiger partial charge in [-0.1, -0.05) is 0 Å². The van der Waals surface area contributed by atoms with E-state index >= 15 is 0 Å². The van der Waals surface area contributed by atoms with Crippen LogP contribution in [0.25, 0.3) is 0 Å². The van der Waals surface area contributed by atoms with Crippen molar-refractivity contribution in [1.82, 2.24) is 14.5 Å². The van der Waals surface area contributed by atoms with Crippen LogP contribution >= 0.6 is 0 Å². The highest BCUT2D eigenvalue weighted by Crippen LogP contribution is 2.25. The lowest BCUT2D eigenvalue weighted by atomic mass is 10.6. The maximum atomic E-state index is 12.2. The first-order valence-electron chi connectivity index (χ1n) is 3.29. The molecular formula is C5H7F3N4O. The Kier molecular flexibility index (Phi) is 2.06. The summed E-state index contributed by atoms with van der Waals surface area (Å²) < 4.78 is 37.4. The molecule has 1 heterocycles. The molecule has 0 aromatic carbocycles. The summed E-state index contributed by atoms with van der Waals surface area (Å²) >= 11 is 0. The molecule has 0 atom stereocenters. The maximum Gasteiger partial charge on any atom is 0.453 e. The minimum Gasteiger partial charge on any atom is -0.323 e. The van der Waals surface area contributed by atoms with Gasteiger partial charge in [0.1, 0.15) is 0 Å². The first-order chi connectivity index (χ1) is 5.88. The highest BCUT2D eigenvalue weighted by Gasteiger charge is 2.38. The molecule has 0 saturated carbocycles. The van der Waals surface area contributed by atoms with Crippen molar-refractivity contribution in [1.29, 1.82) is 0 Å². The van der Waals surface area contributed by atoms with Gasteiger partial charge in [0.25, 0.3) is 5.82 Å². The predicted octanol–water partition coefficient (Wildman–Crippen LogP) is -0.226. The number of hydrogen-bond acceptors (Lipinski definition) is 3. The smallest absolute Gasteiger partial charge is 0.323 e. The fraction of sp³-hybridized carbons (Fsp3) is 0.600. The number of halogens is 3. The van der Waals surface area contributed by atoms with Crippen LogP contribution in [0.5, 0.6) is 0 Å². The molecule has 1 aromatic heterocycles. The largest absolute Gasteiger partial charge is 0.453 e. The van der Waals surface area contributed by atoms with E-state index in [1.165, 1.54) is 7.05 Å². The summed E-state index contributed by atoms with van der Waals surface area (Å²) in [6.45, 7) is 0. The van der Waals surface area contributed by atoms with Gasteiger partial charge < -0.3 is 5.43 Å². The zero-order valence-electron chi connectivity index (χ0n) is 6.88. The van der Waals surface area contributed by atoms with Crippen LogP contribution in [0.2, 0.25) is 0 Å². The summed E-state index contributed by atoms with van der Waals surface area (Å²) in [6, 6.07) is 0. The predicted molar refractivity (Wildman–Crippen MR) is 37.8 cm³/mol. The third-order valence-electron chi connectivity index (χ3n) is 1.40. The lowest BCUT2D eigenvalue weighted by Gasteiger charge is -2.05. The Bertz CT molecular complexity index is 363. The summed E-state index contributed by atoms with van der Waals surface area (Å²) in [5, 5.41) is 3.03. The number of hydrogen-bond donors (Lipinski definition) is 1. The van der Waals surface area contributed by atoms with E-state index in [0.29, 0.717) is 9.36 Å². The summed E-state index contributed by atoms with van der Waals surface area (Å²) in [4.78, 5) is 11.0. The molecule has 1 aromatic rings. The molecule has 5 nitrogen and oxygen atoms in total. The Morgan fingerprint density at radius 1 is 1.46 bits per heavy atom. The molecule has 13 heavy (non-hydrogen) atoms. The van der Waals surface area contributed by atoms with E-state index in [4.69, 9.17) is 0 Å². The fourth-order valence-electron chi connectivity index (χ4n) is 0.850. The molecule has 0 bridgehead atoms. The molecule has 74 valence electrons. The molecule has 0 amide bonds. The molecular weight excluding hydrogens is 189 g/mol. The van der Waals surface area contributed by atoms with Gasteiger partial charge in [0.15, 0.2) is 0 Å². The zero-order chi connectivity index (χ0) is 10.2. The third-order valence-corrected chi connectivity index (χ3v) is 1.40. The van der Waals surface area contributed by atoms with E-state index in [1.807, 2.05) is 0 Å². The lowest BCUT2D eigenvalue weighted by molar-refractivity contribution is -0.147. The van der Waals surface area contributed by atoms with Crippen LogP contribution in [-0.2, 0) is 13.2 Å². The average Bonchev–Trinajstić information content (AvgIpc) is 2.28. The molecule has 0 saturated heterocycles. The van der Waals surface area contributed by atoms with Crippen molar-refractivity contribution >= 4 is 0 Å². The van der Waals surface area contributed by atoms with E-state index in [-0.39, 0.29) is 0 Å². The Hall–Kier alpha value is -1.47. The van der Waals surface area contributed by atoms with Crippen molar-refractivity contribution in [2.24, 2.45) is 7.05 Å². The van der Waals surface area contributed by atoms with E-state index in [1.54, 1.807) is 0 Å². The lowest BCUT2D eigenvalue weighted by Crippen LogP contribution is -2.30. The van der Waals surface area contributed by atoms with Crippen LogP contribution in [0.15, 0.2) is 4.79 Å². The van der Waals surface area contributed by atoms with Crippen molar-refractivity contribution in [3.8, 4) is 0 Å². The van der Waals surface area contributed by atoms with Gasteiger partial charge in [-0.25, -0.2) is 9.48 Å². The number of aryl methyl sites for hydroxylation is 1. The van der Waals surface area contributed by atoms with Crippen molar-refractivity contribution < 1.29 is 13.2 Å². The Morgan fingerprint density at radius 2 is 2.00 bits per heavy atom. The van der Waals surface area contributed by atoms with Crippen LogP contribution < -0.4 is 11.1 Å². The van der Waals surface area contributed by atoms with Crippen molar-refractivity contribution in [2.45, 2.75) is 6.18 Å². The summed E-state index contributed by atoms with van der Waals surface area (Å²) in [5.41, 5.74) is 1.23. The highest BCUT2D eigenvalue weighted by atomic mass is 19.4. The second-order valence-electron chi connectivity index (χ2n) is 2.29.